The summed E-state index contributed by atoms with van der Waals surface area (Å²) in [4.78, 5) is 14.2. The number of carbonyl (C=O) groups excluding carboxylic acids is 1. The summed E-state index contributed by atoms with van der Waals surface area (Å²) in [5, 5.41) is 8.89. The number of benzene rings is 1. The Morgan fingerprint density at radius 2 is 2.06 bits per heavy atom. The number of hydrogen-bond donors (Lipinski definition) is 1. The Labute approximate surface area is 124 Å². The Morgan fingerprint density at radius 3 is 2.56 bits per heavy atom. The van der Waals surface area contributed by atoms with Gasteiger partial charge in [0.25, 0.3) is 5.91 Å². The van der Waals surface area contributed by atoms with Crippen LogP contribution in [-0.4, -0.2) is 35.1 Å². The first kappa shape index (κ1) is 15.7. The van der Waals surface area contributed by atoms with E-state index in [0.717, 1.165) is 8.95 Å². The fourth-order valence-electron chi connectivity index (χ4n) is 1.65. The van der Waals surface area contributed by atoms with Crippen molar-refractivity contribution < 1.29 is 9.90 Å². The Morgan fingerprint density at radius 1 is 1.39 bits per heavy atom. The van der Waals surface area contributed by atoms with Gasteiger partial charge in [0.1, 0.15) is 0 Å². The van der Waals surface area contributed by atoms with Crippen LogP contribution < -0.4 is 0 Å². The third-order valence-electron chi connectivity index (χ3n) is 2.60. The number of nitrogens with zero attached hydrogens (tertiary/aromatic N) is 1. The molecule has 0 unspecified atom stereocenters. The van der Waals surface area contributed by atoms with Gasteiger partial charge in [0, 0.05) is 28.1 Å². The Balaban J connectivity index is 2.94. The predicted octanol–water partition coefficient (Wildman–Crippen LogP) is 3.44. The van der Waals surface area contributed by atoms with Gasteiger partial charge in [0.2, 0.25) is 0 Å². The van der Waals surface area contributed by atoms with Gasteiger partial charge in [-0.3, -0.25) is 4.79 Å². The van der Waals surface area contributed by atoms with Crippen molar-refractivity contribution in [3.63, 3.8) is 0 Å². The predicted molar refractivity (Wildman–Crippen MR) is 79.7 cm³/mol. The average Bonchev–Trinajstić information content (AvgIpc) is 2.28. The van der Waals surface area contributed by atoms with E-state index in [-0.39, 0.29) is 18.6 Å². The molecule has 3 nitrogen and oxygen atoms in total. The molecule has 0 heterocycles. The minimum atomic E-state index is -0.0159. The van der Waals surface area contributed by atoms with Crippen LogP contribution in [0.15, 0.2) is 27.1 Å². The van der Waals surface area contributed by atoms with E-state index in [1.165, 1.54) is 0 Å². The van der Waals surface area contributed by atoms with E-state index >= 15 is 0 Å². The zero-order chi connectivity index (χ0) is 13.7. The van der Waals surface area contributed by atoms with Crippen molar-refractivity contribution in [1.29, 1.82) is 0 Å². The van der Waals surface area contributed by atoms with E-state index in [4.69, 9.17) is 5.11 Å². The number of carbonyl (C=O) groups is 1. The quantitative estimate of drug-likeness (QED) is 0.852. The lowest BCUT2D eigenvalue weighted by molar-refractivity contribution is 0.0692. The van der Waals surface area contributed by atoms with E-state index in [1.54, 1.807) is 11.0 Å². The molecule has 0 atom stereocenters. The van der Waals surface area contributed by atoms with Crippen LogP contribution in [0.3, 0.4) is 0 Å². The number of aliphatic hydroxyl groups is 1. The van der Waals surface area contributed by atoms with Gasteiger partial charge in [-0.05, 0) is 54.4 Å². The molecule has 0 aliphatic rings. The number of rotatable bonds is 5. The van der Waals surface area contributed by atoms with Crippen LogP contribution >= 0.6 is 31.9 Å². The van der Waals surface area contributed by atoms with Crippen molar-refractivity contribution in [1.82, 2.24) is 4.90 Å². The zero-order valence-corrected chi connectivity index (χ0v) is 13.7. The molecule has 0 aromatic heterocycles. The van der Waals surface area contributed by atoms with Gasteiger partial charge in [-0.25, -0.2) is 0 Å². The fraction of sp³-hybridized carbons (Fsp3) is 0.462. The highest BCUT2D eigenvalue weighted by Gasteiger charge is 2.20. The summed E-state index contributed by atoms with van der Waals surface area (Å²) >= 11 is 6.77. The van der Waals surface area contributed by atoms with Crippen molar-refractivity contribution in [2.24, 2.45) is 0 Å². The smallest absolute Gasteiger partial charge is 0.255 e. The van der Waals surface area contributed by atoms with Gasteiger partial charge in [-0.2, -0.15) is 0 Å². The van der Waals surface area contributed by atoms with E-state index in [0.29, 0.717) is 18.5 Å². The minimum absolute atomic E-state index is 0.0159. The van der Waals surface area contributed by atoms with Gasteiger partial charge in [-0.1, -0.05) is 15.9 Å². The zero-order valence-electron chi connectivity index (χ0n) is 10.5. The van der Waals surface area contributed by atoms with Crippen molar-refractivity contribution in [2.45, 2.75) is 26.3 Å². The van der Waals surface area contributed by atoms with Crippen molar-refractivity contribution in [3.05, 3.63) is 32.7 Å². The molecule has 0 saturated carbocycles. The molecule has 0 spiro atoms. The molecule has 1 amide bonds. The number of aliphatic hydroxyl groups excluding tert-OH is 1. The number of amides is 1. The molecule has 0 fully saturated rings. The van der Waals surface area contributed by atoms with Crippen LogP contribution in [0.4, 0.5) is 0 Å². The lowest BCUT2D eigenvalue weighted by Crippen LogP contribution is -2.38. The summed E-state index contributed by atoms with van der Waals surface area (Å²) in [5.74, 6) is -0.0159. The summed E-state index contributed by atoms with van der Waals surface area (Å²) in [5.41, 5.74) is 0.643. The first-order valence-electron chi connectivity index (χ1n) is 5.84. The van der Waals surface area contributed by atoms with E-state index in [9.17, 15) is 4.79 Å². The number of hydrogen-bond acceptors (Lipinski definition) is 2. The molecule has 1 aromatic rings. The Hall–Kier alpha value is -0.390. The van der Waals surface area contributed by atoms with Gasteiger partial charge >= 0.3 is 0 Å². The second kappa shape index (κ2) is 7.26. The van der Waals surface area contributed by atoms with Crippen LogP contribution in [0.1, 0.15) is 30.6 Å². The van der Waals surface area contributed by atoms with Crippen molar-refractivity contribution >= 4 is 37.8 Å². The summed E-state index contributed by atoms with van der Waals surface area (Å²) in [6.07, 6.45) is 0.595. The molecule has 0 aliphatic carbocycles. The van der Waals surface area contributed by atoms with E-state index < -0.39 is 0 Å². The molecular weight excluding hydrogens is 362 g/mol. The maximum Gasteiger partial charge on any atom is 0.255 e. The highest BCUT2D eigenvalue weighted by molar-refractivity contribution is 9.11. The molecule has 100 valence electrons. The van der Waals surface area contributed by atoms with Crippen LogP contribution in [0.25, 0.3) is 0 Å². The maximum atomic E-state index is 12.4. The number of halogens is 2. The molecule has 0 radical (unpaired) electrons. The summed E-state index contributed by atoms with van der Waals surface area (Å²) in [7, 11) is 0. The highest BCUT2D eigenvalue weighted by Crippen LogP contribution is 2.23. The summed E-state index contributed by atoms with van der Waals surface area (Å²) in [6, 6.07) is 5.62. The molecule has 1 N–H and O–H groups in total. The lowest BCUT2D eigenvalue weighted by atomic mass is 10.1. The van der Waals surface area contributed by atoms with E-state index in [1.807, 2.05) is 26.0 Å². The van der Waals surface area contributed by atoms with Crippen LogP contribution in [0.5, 0.6) is 0 Å². The monoisotopic (exact) mass is 377 g/mol. The average molecular weight is 379 g/mol. The van der Waals surface area contributed by atoms with Gasteiger partial charge in [0.15, 0.2) is 0 Å². The third kappa shape index (κ3) is 4.07. The summed E-state index contributed by atoms with van der Waals surface area (Å²) in [6.45, 7) is 4.61. The minimum Gasteiger partial charge on any atom is -0.396 e. The highest BCUT2D eigenvalue weighted by atomic mass is 79.9. The van der Waals surface area contributed by atoms with Crippen LogP contribution in [-0.2, 0) is 0 Å². The standard InChI is InChI=1S/C13H17Br2NO2/c1-9(2)16(6-3-7-17)13(18)11-5-4-10(14)8-12(11)15/h4-5,8-9,17H,3,6-7H2,1-2H3. The fourth-order valence-corrected chi connectivity index (χ4v) is 2.87. The normalized spacial score (nSPS) is 10.8. The van der Waals surface area contributed by atoms with Gasteiger partial charge in [0.05, 0.1) is 5.56 Å². The molecule has 0 aliphatic heterocycles. The molecular formula is C13H17Br2NO2. The van der Waals surface area contributed by atoms with Crippen LogP contribution in [0.2, 0.25) is 0 Å². The largest absolute Gasteiger partial charge is 0.396 e. The Bertz CT molecular complexity index is 421. The third-order valence-corrected chi connectivity index (χ3v) is 3.75. The van der Waals surface area contributed by atoms with Crippen molar-refractivity contribution in [2.75, 3.05) is 13.2 Å². The Kier molecular flexibility index (Phi) is 6.32. The van der Waals surface area contributed by atoms with Gasteiger partial charge in [-0.15, -0.1) is 0 Å². The van der Waals surface area contributed by atoms with Crippen molar-refractivity contribution in [3.8, 4) is 0 Å². The molecule has 1 rings (SSSR count). The SMILES string of the molecule is CC(C)N(CCCO)C(=O)c1ccc(Br)cc1Br. The molecule has 1 aromatic carbocycles. The molecule has 5 heteroatoms. The topological polar surface area (TPSA) is 40.5 Å². The second-order valence-corrected chi connectivity index (χ2v) is 6.06. The van der Waals surface area contributed by atoms with Crippen LogP contribution in [0, 0.1) is 0 Å². The first-order chi connectivity index (χ1) is 8.47. The lowest BCUT2D eigenvalue weighted by Gasteiger charge is -2.27. The second-order valence-electron chi connectivity index (χ2n) is 4.29. The molecule has 0 saturated heterocycles. The maximum absolute atomic E-state index is 12.4. The summed E-state index contributed by atoms with van der Waals surface area (Å²) < 4.78 is 1.70. The molecule has 18 heavy (non-hydrogen) atoms. The van der Waals surface area contributed by atoms with Gasteiger partial charge < -0.3 is 10.0 Å². The molecule has 0 bridgehead atoms. The van der Waals surface area contributed by atoms with E-state index in [2.05, 4.69) is 31.9 Å². The first-order valence-corrected chi connectivity index (χ1v) is 7.43.